The summed E-state index contributed by atoms with van der Waals surface area (Å²) in [6.45, 7) is 3.67. The standard InChI is InChI=1S/C17H25O4P/c1-17(2,16(18)12-22(19,20)21)15-10-6-9-14(11-15)13-7-4-3-5-8-13/h3-5,7-8,14-15H,6,9-12H2,1-2H3,(H2,19,20,21). The molecule has 1 fully saturated rings. The lowest BCUT2D eigenvalue weighted by atomic mass is 9.65. The van der Waals surface area contributed by atoms with E-state index in [0.717, 1.165) is 25.7 Å². The first kappa shape index (κ1) is 17.4. The Morgan fingerprint density at radius 3 is 2.45 bits per heavy atom. The highest BCUT2D eigenvalue weighted by Crippen LogP contribution is 2.46. The second kappa shape index (κ2) is 6.66. The Labute approximate surface area is 132 Å². The van der Waals surface area contributed by atoms with Gasteiger partial charge in [-0.3, -0.25) is 9.36 Å². The van der Waals surface area contributed by atoms with Crippen LogP contribution in [0.5, 0.6) is 0 Å². The molecule has 1 aromatic carbocycles. The van der Waals surface area contributed by atoms with E-state index < -0.39 is 19.2 Å². The highest BCUT2D eigenvalue weighted by Gasteiger charge is 2.41. The quantitative estimate of drug-likeness (QED) is 0.809. The van der Waals surface area contributed by atoms with Gasteiger partial charge in [-0.25, -0.2) is 0 Å². The minimum atomic E-state index is -4.29. The second-order valence-corrected chi connectivity index (χ2v) is 8.58. The highest BCUT2D eigenvalue weighted by molar-refractivity contribution is 7.52. The van der Waals surface area contributed by atoms with Gasteiger partial charge in [0.2, 0.25) is 0 Å². The Morgan fingerprint density at radius 1 is 1.23 bits per heavy atom. The number of benzene rings is 1. The predicted molar refractivity (Wildman–Crippen MR) is 86.8 cm³/mol. The van der Waals surface area contributed by atoms with E-state index in [1.54, 1.807) is 0 Å². The van der Waals surface area contributed by atoms with Crippen molar-refractivity contribution in [3.05, 3.63) is 35.9 Å². The zero-order chi connectivity index (χ0) is 16.4. The molecule has 0 amide bonds. The van der Waals surface area contributed by atoms with Crippen LogP contribution in [0.15, 0.2) is 30.3 Å². The van der Waals surface area contributed by atoms with Gasteiger partial charge < -0.3 is 9.79 Å². The SMILES string of the molecule is CC(C)(C(=O)CP(=O)(O)O)C1CCCC(c2ccccc2)C1. The van der Waals surface area contributed by atoms with Crippen molar-refractivity contribution in [3.8, 4) is 0 Å². The fourth-order valence-corrected chi connectivity index (χ4v) is 4.27. The minimum absolute atomic E-state index is 0.172. The molecule has 2 rings (SSSR count). The fourth-order valence-electron chi connectivity index (χ4n) is 3.49. The van der Waals surface area contributed by atoms with E-state index in [2.05, 4.69) is 12.1 Å². The van der Waals surface area contributed by atoms with Gasteiger partial charge >= 0.3 is 7.60 Å². The Balaban J connectivity index is 2.11. The zero-order valence-electron chi connectivity index (χ0n) is 13.2. The molecule has 2 atom stereocenters. The predicted octanol–water partition coefficient (Wildman–Crippen LogP) is 3.73. The van der Waals surface area contributed by atoms with Crippen LogP contribution in [0.25, 0.3) is 0 Å². The van der Waals surface area contributed by atoms with Gasteiger partial charge in [0.25, 0.3) is 0 Å². The van der Waals surface area contributed by atoms with Gasteiger partial charge in [0.15, 0.2) is 5.78 Å². The summed E-state index contributed by atoms with van der Waals surface area (Å²) >= 11 is 0. The summed E-state index contributed by atoms with van der Waals surface area (Å²) in [6, 6.07) is 10.3. The van der Waals surface area contributed by atoms with Gasteiger partial charge in [0.05, 0.1) is 0 Å². The van der Waals surface area contributed by atoms with E-state index in [-0.39, 0.29) is 11.7 Å². The third kappa shape index (κ3) is 4.28. The maximum Gasteiger partial charge on any atom is 0.332 e. The Hall–Kier alpha value is -0.960. The maximum absolute atomic E-state index is 12.3. The van der Waals surface area contributed by atoms with Crippen LogP contribution in [-0.4, -0.2) is 21.7 Å². The smallest absolute Gasteiger partial charge is 0.324 e. The van der Waals surface area contributed by atoms with Gasteiger partial charge in [-0.1, -0.05) is 50.6 Å². The van der Waals surface area contributed by atoms with Crippen LogP contribution in [0.3, 0.4) is 0 Å². The monoisotopic (exact) mass is 324 g/mol. The van der Waals surface area contributed by atoms with Crippen LogP contribution in [0.4, 0.5) is 0 Å². The van der Waals surface area contributed by atoms with Crippen LogP contribution >= 0.6 is 7.60 Å². The number of ketones is 1. The molecule has 0 spiro atoms. The molecule has 1 aromatic rings. The summed E-state index contributed by atoms with van der Waals surface area (Å²) in [7, 11) is -4.29. The van der Waals surface area contributed by atoms with E-state index in [1.165, 1.54) is 5.56 Å². The lowest BCUT2D eigenvalue weighted by Gasteiger charge is -2.39. The number of carbonyl (C=O) groups excluding carboxylic acids is 1. The second-order valence-electron chi connectivity index (χ2n) is 6.94. The molecule has 0 bridgehead atoms. The van der Waals surface area contributed by atoms with Crippen molar-refractivity contribution in [1.82, 2.24) is 0 Å². The molecule has 5 heteroatoms. The lowest BCUT2D eigenvalue weighted by molar-refractivity contribution is -0.128. The molecule has 2 unspecified atom stereocenters. The van der Waals surface area contributed by atoms with E-state index in [0.29, 0.717) is 5.92 Å². The summed E-state index contributed by atoms with van der Waals surface area (Å²) in [4.78, 5) is 30.5. The normalized spacial score (nSPS) is 23.3. The average Bonchev–Trinajstić information content (AvgIpc) is 2.46. The molecule has 122 valence electrons. The van der Waals surface area contributed by atoms with Gasteiger partial charge in [0.1, 0.15) is 6.16 Å². The Bertz CT molecular complexity index is 561. The van der Waals surface area contributed by atoms with Crippen LogP contribution in [0.1, 0.15) is 51.0 Å². The zero-order valence-corrected chi connectivity index (χ0v) is 14.1. The van der Waals surface area contributed by atoms with Crippen LogP contribution in [0, 0.1) is 11.3 Å². The topological polar surface area (TPSA) is 74.6 Å². The molecule has 0 radical (unpaired) electrons. The molecular weight excluding hydrogens is 299 g/mol. The number of rotatable bonds is 5. The van der Waals surface area contributed by atoms with Gasteiger partial charge in [0, 0.05) is 5.41 Å². The molecule has 1 aliphatic rings. The summed E-state index contributed by atoms with van der Waals surface area (Å²) in [5, 5.41) is 0. The third-order valence-corrected chi connectivity index (χ3v) is 5.73. The van der Waals surface area contributed by atoms with Crippen molar-refractivity contribution >= 4 is 13.4 Å². The first-order valence-electron chi connectivity index (χ1n) is 7.83. The molecule has 1 aliphatic carbocycles. The minimum Gasteiger partial charge on any atom is -0.324 e. The molecular formula is C17H25O4P. The fraction of sp³-hybridized carbons (Fsp3) is 0.588. The van der Waals surface area contributed by atoms with Gasteiger partial charge in [-0.05, 0) is 36.7 Å². The lowest BCUT2D eigenvalue weighted by Crippen LogP contribution is -2.37. The number of Topliss-reactive ketones (excluding diaryl/α,β-unsaturated/α-hetero) is 1. The average molecular weight is 324 g/mol. The number of hydrogen-bond donors (Lipinski definition) is 2. The largest absolute Gasteiger partial charge is 0.332 e. The molecule has 22 heavy (non-hydrogen) atoms. The van der Waals surface area contributed by atoms with E-state index >= 15 is 0 Å². The third-order valence-electron chi connectivity index (χ3n) is 5.03. The molecule has 1 saturated carbocycles. The van der Waals surface area contributed by atoms with Crippen molar-refractivity contribution in [2.24, 2.45) is 11.3 Å². The summed E-state index contributed by atoms with van der Waals surface area (Å²) in [5.74, 6) is 0.284. The maximum atomic E-state index is 12.3. The molecule has 0 aromatic heterocycles. The summed E-state index contributed by atoms with van der Waals surface area (Å²) in [6.07, 6.45) is 3.37. The molecule has 4 nitrogen and oxygen atoms in total. The van der Waals surface area contributed by atoms with E-state index in [4.69, 9.17) is 9.79 Å². The van der Waals surface area contributed by atoms with Crippen LogP contribution < -0.4 is 0 Å². The Kier molecular flexibility index (Phi) is 5.26. The summed E-state index contributed by atoms with van der Waals surface area (Å²) < 4.78 is 11.1. The van der Waals surface area contributed by atoms with E-state index in [9.17, 15) is 9.36 Å². The van der Waals surface area contributed by atoms with Crippen LogP contribution in [-0.2, 0) is 9.36 Å². The van der Waals surface area contributed by atoms with Crippen molar-refractivity contribution in [1.29, 1.82) is 0 Å². The number of carbonyl (C=O) groups is 1. The van der Waals surface area contributed by atoms with Crippen molar-refractivity contribution in [2.45, 2.75) is 45.4 Å². The number of hydrogen-bond acceptors (Lipinski definition) is 2. The molecule has 0 heterocycles. The molecule has 2 N–H and O–H groups in total. The van der Waals surface area contributed by atoms with Crippen molar-refractivity contribution in [3.63, 3.8) is 0 Å². The van der Waals surface area contributed by atoms with E-state index in [1.807, 2.05) is 32.0 Å². The highest BCUT2D eigenvalue weighted by atomic mass is 31.2. The summed E-state index contributed by atoms with van der Waals surface area (Å²) in [5.41, 5.74) is 0.611. The first-order chi connectivity index (χ1) is 10.2. The Morgan fingerprint density at radius 2 is 1.86 bits per heavy atom. The van der Waals surface area contributed by atoms with Crippen LogP contribution in [0.2, 0.25) is 0 Å². The van der Waals surface area contributed by atoms with Gasteiger partial charge in [-0.2, -0.15) is 0 Å². The molecule has 0 saturated heterocycles. The van der Waals surface area contributed by atoms with Gasteiger partial charge in [-0.15, -0.1) is 0 Å². The van der Waals surface area contributed by atoms with Crippen molar-refractivity contribution in [2.75, 3.05) is 6.16 Å². The molecule has 0 aliphatic heterocycles. The van der Waals surface area contributed by atoms with Crippen molar-refractivity contribution < 1.29 is 19.1 Å². The first-order valence-corrected chi connectivity index (χ1v) is 9.63.